The number of carboxylic acids is 1. The van der Waals surface area contributed by atoms with Gasteiger partial charge < -0.3 is 50.3 Å². The molecule has 4 rings (SSSR count). The van der Waals surface area contributed by atoms with E-state index in [1.807, 2.05) is 0 Å². The Hall–Kier alpha value is -5.37. The zero-order valence-electron chi connectivity index (χ0n) is 24.1. The van der Waals surface area contributed by atoms with Gasteiger partial charge in [-0.2, -0.15) is 0 Å². The monoisotopic (exact) mass is 636 g/mol. The predicted molar refractivity (Wildman–Crippen MR) is 160 cm³/mol. The fourth-order valence-corrected chi connectivity index (χ4v) is 5.33. The number of aliphatic hydroxyl groups is 3. The molecular weight excluding hydrogens is 604 g/mol. The lowest BCUT2D eigenvalue weighted by Gasteiger charge is -2.52. The van der Waals surface area contributed by atoms with Crippen molar-refractivity contribution in [1.82, 2.24) is 0 Å². The van der Waals surface area contributed by atoms with Gasteiger partial charge in [-0.25, -0.2) is 14.4 Å². The summed E-state index contributed by atoms with van der Waals surface area (Å²) >= 11 is 0. The van der Waals surface area contributed by atoms with Crippen molar-refractivity contribution in [2.75, 3.05) is 6.61 Å². The second-order valence-corrected chi connectivity index (χ2v) is 10.8. The molecule has 242 valence electrons. The van der Waals surface area contributed by atoms with Crippen molar-refractivity contribution in [3.05, 3.63) is 95.6 Å². The van der Waals surface area contributed by atoms with E-state index in [1.165, 1.54) is 36.4 Å². The van der Waals surface area contributed by atoms with Crippen LogP contribution in [-0.4, -0.2) is 88.8 Å². The lowest BCUT2D eigenvalue weighted by molar-refractivity contribution is -0.266. The van der Waals surface area contributed by atoms with Crippen molar-refractivity contribution >= 4 is 30.1 Å². The van der Waals surface area contributed by atoms with Crippen LogP contribution in [0.4, 0.5) is 0 Å². The number of carbonyl (C=O) groups is 3. The molecule has 0 saturated heterocycles. The summed E-state index contributed by atoms with van der Waals surface area (Å²) in [6, 6.07) is 15.6. The molecule has 0 bridgehead atoms. The van der Waals surface area contributed by atoms with Crippen LogP contribution in [0.15, 0.2) is 78.9 Å². The maximum Gasteiger partial charge on any atom is 0.336 e. The van der Waals surface area contributed by atoms with E-state index in [-0.39, 0.29) is 17.5 Å². The van der Waals surface area contributed by atoms with Gasteiger partial charge in [-0.1, -0.05) is 42.5 Å². The summed E-state index contributed by atoms with van der Waals surface area (Å²) in [7, 11) is 0. The van der Waals surface area contributed by atoms with Crippen LogP contribution in [0.25, 0.3) is 12.2 Å². The molecule has 0 amide bonds. The first-order valence-electron chi connectivity index (χ1n) is 13.9. The molecule has 3 aromatic carbocycles. The number of hydrogen-bond donors (Lipinski definition) is 8. The Labute approximate surface area is 262 Å². The Bertz CT molecular complexity index is 1650. The van der Waals surface area contributed by atoms with Crippen LogP contribution in [0.5, 0.6) is 23.0 Å². The number of phenolic OH excluding ortho intramolecular Hbond substituents is 4. The highest BCUT2D eigenvalue weighted by molar-refractivity contribution is 5.89. The van der Waals surface area contributed by atoms with E-state index >= 15 is 0 Å². The third-order valence-corrected chi connectivity index (χ3v) is 7.80. The number of carboxylic acid groups (broad SMARTS) is 1. The molecular formula is C33H32O13. The minimum absolute atomic E-state index is 0.254. The highest BCUT2D eigenvalue weighted by atomic mass is 16.6. The number of benzene rings is 3. The topological polar surface area (TPSA) is 232 Å². The molecule has 0 spiro atoms. The minimum atomic E-state index is -2.73. The smallest absolute Gasteiger partial charge is 0.336 e. The van der Waals surface area contributed by atoms with E-state index in [2.05, 4.69) is 0 Å². The molecule has 5 unspecified atom stereocenters. The van der Waals surface area contributed by atoms with Crippen molar-refractivity contribution in [1.29, 1.82) is 0 Å². The number of phenols is 4. The van der Waals surface area contributed by atoms with Crippen LogP contribution in [0.3, 0.4) is 0 Å². The number of aliphatic hydroxyl groups excluding tert-OH is 2. The summed E-state index contributed by atoms with van der Waals surface area (Å²) in [5, 5.41) is 82.0. The molecule has 1 fully saturated rings. The van der Waals surface area contributed by atoms with Crippen LogP contribution >= 0.6 is 0 Å². The van der Waals surface area contributed by atoms with Crippen molar-refractivity contribution < 1.29 is 64.7 Å². The summed E-state index contributed by atoms with van der Waals surface area (Å²) in [6.07, 6.45) is -1.04. The molecule has 13 nitrogen and oxygen atoms in total. The highest BCUT2D eigenvalue weighted by Gasteiger charge is 2.66. The molecule has 46 heavy (non-hydrogen) atoms. The second kappa shape index (κ2) is 13.7. The standard InChI is InChI=1S/C33H32O13/c34-18-33(46-29(41)13-9-21-7-11-24(36)26(38)16-21)27(39)17-32(44,31(42)43)22(14-19-4-2-1-3-5-19)30(33)45-28(40)12-8-20-6-10-23(35)25(37)15-20/h1-13,15-16,22,27,30,34-39,44H,14,17-18H2,(H,42,43). The number of aliphatic carboxylic acids is 1. The van der Waals surface area contributed by atoms with Gasteiger partial charge in [0.2, 0.25) is 0 Å². The minimum Gasteiger partial charge on any atom is -0.504 e. The summed E-state index contributed by atoms with van der Waals surface area (Å²) in [4.78, 5) is 38.7. The predicted octanol–water partition coefficient (Wildman–Crippen LogP) is 1.86. The summed E-state index contributed by atoms with van der Waals surface area (Å²) in [5.74, 6) is -7.40. The Morgan fingerprint density at radius 1 is 0.804 bits per heavy atom. The molecule has 1 aliphatic carbocycles. The van der Waals surface area contributed by atoms with Crippen LogP contribution in [-0.2, 0) is 30.3 Å². The average molecular weight is 637 g/mol. The summed E-state index contributed by atoms with van der Waals surface area (Å²) in [6.45, 7) is -1.16. The number of rotatable bonds is 10. The molecule has 8 N–H and O–H groups in total. The molecule has 5 atom stereocenters. The first-order valence-corrected chi connectivity index (χ1v) is 13.9. The Kier molecular flexibility index (Phi) is 10.0. The second-order valence-electron chi connectivity index (χ2n) is 10.8. The van der Waals surface area contributed by atoms with Gasteiger partial charge in [0.1, 0.15) is 6.10 Å². The highest BCUT2D eigenvalue weighted by Crippen LogP contribution is 2.45. The molecule has 1 saturated carbocycles. The van der Waals surface area contributed by atoms with Crippen LogP contribution in [0.2, 0.25) is 0 Å². The van der Waals surface area contributed by atoms with Gasteiger partial charge in [0.25, 0.3) is 0 Å². The van der Waals surface area contributed by atoms with Gasteiger partial charge in [-0.05, 0) is 59.5 Å². The number of esters is 2. The van der Waals surface area contributed by atoms with E-state index in [9.17, 15) is 55.2 Å². The normalized spacial score (nSPS) is 24.5. The van der Waals surface area contributed by atoms with E-state index in [0.29, 0.717) is 5.56 Å². The molecule has 0 aromatic heterocycles. The van der Waals surface area contributed by atoms with Crippen LogP contribution in [0.1, 0.15) is 23.1 Å². The van der Waals surface area contributed by atoms with Gasteiger partial charge in [0.05, 0.1) is 6.61 Å². The van der Waals surface area contributed by atoms with Crippen molar-refractivity contribution in [2.45, 2.75) is 36.3 Å². The molecule has 0 heterocycles. The zero-order valence-corrected chi connectivity index (χ0v) is 24.1. The SMILES string of the molecule is O=C(C=Cc1ccc(O)c(O)c1)OC1C(Cc2ccccc2)C(O)(C(=O)O)CC(O)C1(CO)OC(=O)C=Cc1ccc(O)c(O)c1. The molecule has 3 aromatic rings. The lowest BCUT2D eigenvalue weighted by Crippen LogP contribution is -2.72. The number of carbonyl (C=O) groups excluding carboxylic acids is 2. The lowest BCUT2D eigenvalue weighted by atomic mass is 9.63. The Balaban J connectivity index is 1.75. The maximum absolute atomic E-state index is 13.2. The van der Waals surface area contributed by atoms with Crippen molar-refractivity contribution in [3.8, 4) is 23.0 Å². The summed E-state index contributed by atoms with van der Waals surface area (Å²) < 4.78 is 11.2. The quantitative estimate of drug-likeness (QED) is 0.0903. The molecule has 0 aliphatic heterocycles. The first kappa shape index (κ1) is 33.5. The van der Waals surface area contributed by atoms with E-state index in [4.69, 9.17) is 9.47 Å². The van der Waals surface area contributed by atoms with E-state index in [0.717, 1.165) is 24.3 Å². The van der Waals surface area contributed by atoms with Crippen molar-refractivity contribution in [2.24, 2.45) is 5.92 Å². The van der Waals surface area contributed by atoms with Gasteiger partial charge in [-0.3, -0.25) is 0 Å². The average Bonchev–Trinajstić information content (AvgIpc) is 3.02. The number of aromatic hydroxyl groups is 4. The number of ether oxygens (including phenoxy) is 2. The number of hydrogen-bond acceptors (Lipinski definition) is 12. The Morgan fingerprint density at radius 2 is 1.35 bits per heavy atom. The maximum atomic E-state index is 13.2. The fraction of sp³-hybridized carbons (Fsp3) is 0.242. The van der Waals surface area contributed by atoms with Crippen LogP contribution < -0.4 is 0 Å². The fourth-order valence-electron chi connectivity index (χ4n) is 5.33. The zero-order chi connectivity index (χ0) is 33.6. The van der Waals surface area contributed by atoms with Gasteiger partial charge in [0, 0.05) is 24.5 Å². The third kappa shape index (κ3) is 7.12. The summed E-state index contributed by atoms with van der Waals surface area (Å²) in [5.41, 5.74) is -4.20. The molecule has 0 radical (unpaired) electrons. The third-order valence-electron chi connectivity index (χ3n) is 7.80. The van der Waals surface area contributed by atoms with Gasteiger partial charge >= 0.3 is 17.9 Å². The van der Waals surface area contributed by atoms with Gasteiger partial charge in [-0.15, -0.1) is 0 Å². The Morgan fingerprint density at radius 3 is 1.85 bits per heavy atom. The molecule has 13 heteroatoms. The van der Waals surface area contributed by atoms with Crippen LogP contribution in [0, 0.1) is 5.92 Å². The first-order chi connectivity index (χ1) is 21.8. The largest absolute Gasteiger partial charge is 0.504 e. The van der Waals surface area contributed by atoms with E-state index < -0.39 is 83.3 Å². The molecule has 1 aliphatic rings. The van der Waals surface area contributed by atoms with Crippen molar-refractivity contribution in [3.63, 3.8) is 0 Å². The van der Waals surface area contributed by atoms with Gasteiger partial charge in [0.15, 0.2) is 40.3 Å². The van der Waals surface area contributed by atoms with E-state index in [1.54, 1.807) is 30.3 Å².